The highest BCUT2D eigenvalue weighted by Gasteiger charge is 2.28. The minimum absolute atomic E-state index is 0.197. The number of nitrogens with one attached hydrogen (secondary N) is 2. The summed E-state index contributed by atoms with van der Waals surface area (Å²) in [5, 5.41) is 19.0. The highest BCUT2D eigenvalue weighted by atomic mass is 16.3. The smallest absolute Gasteiger partial charge is 0.290 e. The maximum absolute atomic E-state index is 11.8. The number of amides is 1. The highest BCUT2D eigenvalue weighted by Crippen LogP contribution is 2.37. The van der Waals surface area contributed by atoms with Gasteiger partial charge in [-0.1, -0.05) is 0 Å². The molecule has 1 aromatic heterocycles. The molecule has 2 aliphatic carbocycles. The van der Waals surface area contributed by atoms with Crippen molar-refractivity contribution in [1.82, 2.24) is 20.5 Å². The maximum atomic E-state index is 11.8. The van der Waals surface area contributed by atoms with Crippen molar-refractivity contribution in [3.8, 4) is 0 Å². The van der Waals surface area contributed by atoms with E-state index in [1.165, 1.54) is 0 Å². The van der Waals surface area contributed by atoms with Gasteiger partial charge in [0, 0.05) is 12.5 Å². The van der Waals surface area contributed by atoms with E-state index >= 15 is 0 Å². The molecular formula is C12H18N4O2. The fourth-order valence-electron chi connectivity index (χ4n) is 2.47. The number of nitrogens with zero attached hydrogens (tertiary/aromatic N) is 2. The van der Waals surface area contributed by atoms with Crippen molar-refractivity contribution >= 4 is 5.91 Å². The Balaban J connectivity index is 1.50. The van der Waals surface area contributed by atoms with Gasteiger partial charge in [-0.05, 0) is 38.0 Å². The molecule has 0 bridgehead atoms. The summed E-state index contributed by atoms with van der Waals surface area (Å²) in [6, 6.07) is 0. The Bertz CT molecular complexity index is 441. The number of H-pyrrole nitrogens is 1. The zero-order chi connectivity index (χ0) is 12.5. The van der Waals surface area contributed by atoms with Crippen LogP contribution in [0.15, 0.2) is 0 Å². The number of hydrogen-bond acceptors (Lipinski definition) is 4. The second-order valence-electron chi connectivity index (χ2n) is 5.36. The lowest BCUT2D eigenvalue weighted by molar-refractivity contribution is 0.0935. The predicted octanol–water partition coefficient (Wildman–Crippen LogP) is 0.573. The Kier molecular flexibility index (Phi) is 3.03. The lowest BCUT2D eigenvalue weighted by Gasteiger charge is -2.09. The average molecular weight is 250 g/mol. The molecule has 98 valence electrons. The van der Waals surface area contributed by atoms with E-state index in [9.17, 15) is 9.90 Å². The first-order chi connectivity index (χ1) is 8.72. The maximum Gasteiger partial charge on any atom is 0.290 e. The van der Waals surface area contributed by atoms with Gasteiger partial charge in [0.15, 0.2) is 0 Å². The molecule has 2 aliphatic rings. The van der Waals surface area contributed by atoms with Gasteiger partial charge in [0.1, 0.15) is 5.82 Å². The first-order valence-corrected chi connectivity index (χ1v) is 6.61. The summed E-state index contributed by atoms with van der Waals surface area (Å²) in [6.45, 7) is 0.600. The van der Waals surface area contributed by atoms with Crippen molar-refractivity contribution in [3.63, 3.8) is 0 Å². The van der Waals surface area contributed by atoms with Crippen molar-refractivity contribution in [2.45, 2.75) is 44.1 Å². The standard InChI is InChI=1S/C12H18N4O2/c17-9-4-1-7(5-9)6-13-12(18)11-14-10(15-16-11)8-2-3-8/h7-9,17H,1-6H2,(H,13,18)(H,14,15,16). The lowest BCUT2D eigenvalue weighted by atomic mass is 10.1. The van der Waals surface area contributed by atoms with Gasteiger partial charge in [0.25, 0.3) is 5.91 Å². The second-order valence-corrected chi connectivity index (χ2v) is 5.36. The number of aromatic nitrogens is 3. The van der Waals surface area contributed by atoms with Crippen LogP contribution >= 0.6 is 0 Å². The third-order valence-corrected chi connectivity index (χ3v) is 3.73. The summed E-state index contributed by atoms with van der Waals surface area (Å²) in [4.78, 5) is 16.0. The second kappa shape index (κ2) is 4.68. The van der Waals surface area contributed by atoms with Crippen LogP contribution in [0.1, 0.15) is 54.5 Å². The number of aliphatic hydroxyl groups is 1. The van der Waals surface area contributed by atoms with Gasteiger partial charge in [0.2, 0.25) is 5.82 Å². The molecule has 6 heteroatoms. The minimum atomic E-state index is -0.223. The molecule has 0 aromatic carbocycles. The lowest BCUT2D eigenvalue weighted by Crippen LogP contribution is -2.29. The minimum Gasteiger partial charge on any atom is -0.393 e. The molecular weight excluding hydrogens is 232 g/mol. The third-order valence-electron chi connectivity index (χ3n) is 3.73. The van der Waals surface area contributed by atoms with Gasteiger partial charge in [-0.25, -0.2) is 4.98 Å². The van der Waals surface area contributed by atoms with E-state index in [2.05, 4.69) is 20.5 Å². The van der Waals surface area contributed by atoms with Gasteiger partial charge in [-0.3, -0.25) is 9.89 Å². The molecule has 2 unspecified atom stereocenters. The third kappa shape index (κ3) is 2.53. The first kappa shape index (κ1) is 11.6. The number of hydrogen-bond donors (Lipinski definition) is 3. The zero-order valence-electron chi connectivity index (χ0n) is 10.2. The SMILES string of the molecule is O=C(NCC1CCC(O)C1)c1n[nH]c(C2CC2)n1. The molecule has 1 heterocycles. The van der Waals surface area contributed by atoms with E-state index in [-0.39, 0.29) is 17.8 Å². The first-order valence-electron chi connectivity index (χ1n) is 6.61. The molecule has 0 radical (unpaired) electrons. The van der Waals surface area contributed by atoms with Crippen LogP contribution in [0.5, 0.6) is 0 Å². The predicted molar refractivity (Wildman–Crippen MR) is 64.0 cm³/mol. The van der Waals surface area contributed by atoms with Gasteiger partial charge >= 0.3 is 0 Å². The number of aromatic amines is 1. The normalized spacial score (nSPS) is 27.4. The Morgan fingerprint density at radius 2 is 2.22 bits per heavy atom. The summed E-state index contributed by atoms with van der Waals surface area (Å²) >= 11 is 0. The van der Waals surface area contributed by atoms with E-state index in [1.54, 1.807) is 0 Å². The van der Waals surface area contributed by atoms with Crippen LogP contribution in [0.2, 0.25) is 0 Å². The van der Waals surface area contributed by atoms with E-state index in [0.717, 1.165) is 37.9 Å². The molecule has 1 aromatic rings. The average Bonchev–Trinajstić information content (AvgIpc) is 2.94. The fourth-order valence-corrected chi connectivity index (χ4v) is 2.47. The molecule has 1 amide bonds. The zero-order valence-corrected chi connectivity index (χ0v) is 10.2. The van der Waals surface area contributed by atoms with E-state index in [4.69, 9.17) is 0 Å². The number of carbonyl (C=O) groups excluding carboxylic acids is 1. The van der Waals surface area contributed by atoms with E-state index in [1.807, 2.05) is 0 Å². The molecule has 0 saturated heterocycles. The molecule has 2 atom stereocenters. The van der Waals surface area contributed by atoms with Crippen LogP contribution in [0.3, 0.4) is 0 Å². The van der Waals surface area contributed by atoms with E-state index in [0.29, 0.717) is 18.4 Å². The Labute approximate surface area is 105 Å². The van der Waals surface area contributed by atoms with Crippen molar-refractivity contribution < 1.29 is 9.90 Å². The molecule has 0 aliphatic heterocycles. The summed E-state index contributed by atoms with van der Waals surface area (Å²) in [7, 11) is 0. The van der Waals surface area contributed by atoms with Crippen LogP contribution in [0.4, 0.5) is 0 Å². The van der Waals surface area contributed by atoms with Gasteiger partial charge in [-0.15, -0.1) is 5.10 Å². The van der Waals surface area contributed by atoms with Crippen molar-refractivity contribution in [3.05, 3.63) is 11.6 Å². The van der Waals surface area contributed by atoms with Gasteiger partial charge < -0.3 is 10.4 Å². The topological polar surface area (TPSA) is 90.9 Å². The van der Waals surface area contributed by atoms with Crippen LogP contribution < -0.4 is 5.32 Å². The summed E-state index contributed by atoms with van der Waals surface area (Å²) in [5.74, 6) is 1.70. The molecule has 2 saturated carbocycles. The summed E-state index contributed by atoms with van der Waals surface area (Å²) in [5.41, 5.74) is 0. The van der Waals surface area contributed by atoms with Crippen molar-refractivity contribution in [2.24, 2.45) is 5.92 Å². The number of carbonyl (C=O) groups is 1. The summed E-state index contributed by atoms with van der Waals surface area (Å²) < 4.78 is 0. The number of aliphatic hydroxyl groups excluding tert-OH is 1. The quantitative estimate of drug-likeness (QED) is 0.728. The van der Waals surface area contributed by atoms with Crippen molar-refractivity contribution in [1.29, 1.82) is 0 Å². The number of rotatable bonds is 4. The molecule has 3 N–H and O–H groups in total. The molecule has 3 rings (SSSR count). The Morgan fingerprint density at radius 1 is 1.39 bits per heavy atom. The Morgan fingerprint density at radius 3 is 2.89 bits per heavy atom. The molecule has 6 nitrogen and oxygen atoms in total. The monoisotopic (exact) mass is 250 g/mol. The molecule has 0 spiro atoms. The van der Waals surface area contributed by atoms with Crippen LogP contribution in [0, 0.1) is 5.92 Å². The molecule has 2 fully saturated rings. The molecule has 18 heavy (non-hydrogen) atoms. The Hall–Kier alpha value is -1.43. The van der Waals surface area contributed by atoms with E-state index < -0.39 is 0 Å². The van der Waals surface area contributed by atoms with Gasteiger partial charge in [-0.2, -0.15) is 0 Å². The van der Waals surface area contributed by atoms with Crippen LogP contribution in [-0.2, 0) is 0 Å². The largest absolute Gasteiger partial charge is 0.393 e. The van der Waals surface area contributed by atoms with Gasteiger partial charge in [0.05, 0.1) is 6.10 Å². The van der Waals surface area contributed by atoms with Crippen LogP contribution in [-0.4, -0.2) is 38.8 Å². The van der Waals surface area contributed by atoms with Crippen LogP contribution in [0.25, 0.3) is 0 Å². The fraction of sp³-hybridized carbons (Fsp3) is 0.750. The summed E-state index contributed by atoms with van der Waals surface area (Å²) in [6.07, 6.45) is 4.67. The van der Waals surface area contributed by atoms with Crippen molar-refractivity contribution in [2.75, 3.05) is 6.54 Å². The highest BCUT2D eigenvalue weighted by molar-refractivity contribution is 5.90.